The second-order valence-electron chi connectivity index (χ2n) is 6.78. The molecule has 0 atom stereocenters. The molecule has 134 valence electrons. The Hall–Kier alpha value is -2.00. The van der Waals surface area contributed by atoms with Crippen LogP contribution in [0.5, 0.6) is 11.5 Å². The van der Waals surface area contributed by atoms with Gasteiger partial charge in [0.25, 0.3) is 0 Å². The number of ether oxygens (including phenoxy) is 2. The summed E-state index contributed by atoms with van der Waals surface area (Å²) in [6.07, 6.45) is 1.11. The van der Waals surface area contributed by atoms with Crippen LogP contribution in [0.15, 0.2) is 36.4 Å². The Morgan fingerprint density at radius 2 is 1.80 bits per heavy atom. The summed E-state index contributed by atoms with van der Waals surface area (Å²) in [6, 6.07) is 13.4. The van der Waals surface area contributed by atoms with Gasteiger partial charge in [-0.15, -0.1) is 0 Å². The topological polar surface area (TPSA) is 21.7 Å². The molecule has 1 aliphatic heterocycles. The maximum Gasteiger partial charge on any atom is 0.130 e. The van der Waals surface area contributed by atoms with E-state index in [0.717, 1.165) is 36.6 Å². The van der Waals surface area contributed by atoms with Gasteiger partial charge in [-0.05, 0) is 62.9 Å². The normalized spacial score (nSPS) is 14.4. The van der Waals surface area contributed by atoms with Gasteiger partial charge in [0.1, 0.15) is 11.5 Å². The van der Waals surface area contributed by atoms with Crippen LogP contribution in [0.1, 0.15) is 38.8 Å². The van der Waals surface area contributed by atoms with Crippen LogP contribution in [0.3, 0.4) is 0 Å². The predicted molar refractivity (Wildman–Crippen MR) is 103 cm³/mol. The number of hydrogen-bond donors (Lipinski definition) is 0. The number of nitrogens with zero attached hydrogens (tertiary/aromatic N) is 1. The van der Waals surface area contributed by atoms with Crippen LogP contribution >= 0.6 is 0 Å². The van der Waals surface area contributed by atoms with Crippen molar-refractivity contribution in [2.75, 3.05) is 19.8 Å². The van der Waals surface area contributed by atoms with Gasteiger partial charge in [0.2, 0.25) is 0 Å². The molecule has 0 aliphatic carbocycles. The van der Waals surface area contributed by atoms with Crippen LogP contribution < -0.4 is 9.47 Å². The monoisotopic (exact) mass is 339 g/mol. The molecule has 3 nitrogen and oxygen atoms in total. The van der Waals surface area contributed by atoms with E-state index < -0.39 is 0 Å². The summed E-state index contributed by atoms with van der Waals surface area (Å²) in [6.45, 7) is 12.0. The number of fused-ring (bicyclic) bond motifs is 1. The molecular formula is C22H29NO2. The summed E-state index contributed by atoms with van der Waals surface area (Å²) < 4.78 is 11.6. The predicted octanol–water partition coefficient (Wildman–Crippen LogP) is 4.92. The maximum atomic E-state index is 5.95. The lowest BCUT2D eigenvalue weighted by Gasteiger charge is -2.33. The van der Waals surface area contributed by atoms with Gasteiger partial charge in [-0.2, -0.15) is 0 Å². The quantitative estimate of drug-likeness (QED) is 0.746. The van der Waals surface area contributed by atoms with Crippen LogP contribution in [-0.2, 0) is 13.0 Å². The van der Waals surface area contributed by atoms with Crippen molar-refractivity contribution in [3.05, 3.63) is 47.5 Å². The zero-order valence-corrected chi connectivity index (χ0v) is 15.8. The average Bonchev–Trinajstić information content (AvgIpc) is 2.62. The van der Waals surface area contributed by atoms with Crippen LogP contribution in [0, 0.1) is 0 Å². The molecule has 25 heavy (non-hydrogen) atoms. The van der Waals surface area contributed by atoms with Crippen molar-refractivity contribution in [3.63, 3.8) is 0 Å². The van der Waals surface area contributed by atoms with Crippen molar-refractivity contribution in [2.24, 2.45) is 0 Å². The summed E-state index contributed by atoms with van der Waals surface area (Å²) in [5.41, 5.74) is 5.35. The van der Waals surface area contributed by atoms with E-state index in [-0.39, 0.29) is 0 Å². The molecule has 0 amide bonds. The van der Waals surface area contributed by atoms with Crippen molar-refractivity contribution < 1.29 is 9.47 Å². The Morgan fingerprint density at radius 1 is 1.00 bits per heavy atom. The fourth-order valence-corrected chi connectivity index (χ4v) is 3.55. The minimum Gasteiger partial charge on any atom is -0.494 e. The Kier molecular flexibility index (Phi) is 5.64. The lowest BCUT2D eigenvalue weighted by molar-refractivity contribution is 0.204. The smallest absolute Gasteiger partial charge is 0.130 e. The summed E-state index contributed by atoms with van der Waals surface area (Å²) in [7, 11) is 0. The van der Waals surface area contributed by atoms with Gasteiger partial charge in [-0.25, -0.2) is 0 Å². The molecule has 2 aromatic rings. The molecule has 0 bridgehead atoms. The van der Waals surface area contributed by atoms with Gasteiger partial charge in [-0.1, -0.05) is 18.2 Å². The minimum absolute atomic E-state index is 0.563. The average molecular weight is 339 g/mol. The lowest BCUT2D eigenvalue weighted by atomic mass is 9.90. The molecular weight excluding hydrogens is 310 g/mol. The first kappa shape index (κ1) is 17.8. The molecule has 1 heterocycles. The van der Waals surface area contributed by atoms with Crippen LogP contribution in [0.25, 0.3) is 11.1 Å². The highest BCUT2D eigenvalue weighted by molar-refractivity contribution is 5.75. The Morgan fingerprint density at radius 3 is 2.52 bits per heavy atom. The summed E-state index contributed by atoms with van der Waals surface area (Å²) in [5, 5.41) is 0. The molecule has 0 radical (unpaired) electrons. The second kappa shape index (κ2) is 7.92. The standard InChI is InChI=1S/C22H29NO2/c1-5-24-18-10-11-20(22(14-18)25-6-2)19-9-7-8-17-12-13-23(16(3)4)15-21(17)19/h7-11,14,16H,5-6,12-13,15H2,1-4H3. The molecule has 0 fully saturated rings. The second-order valence-corrected chi connectivity index (χ2v) is 6.78. The van der Waals surface area contributed by atoms with Crippen LogP contribution in [0.4, 0.5) is 0 Å². The van der Waals surface area contributed by atoms with E-state index in [1.54, 1.807) is 0 Å². The van der Waals surface area contributed by atoms with Gasteiger partial charge in [-0.3, -0.25) is 4.90 Å². The van der Waals surface area contributed by atoms with E-state index in [1.165, 1.54) is 16.7 Å². The SMILES string of the molecule is CCOc1ccc(-c2cccc3c2CN(C(C)C)CC3)c(OCC)c1. The molecule has 0 spiro atoms. The van der Waals surface area contributed by atoms with Crippen LogP contribution in [0.2, 0.25) is 0 Å². The van der Waals surface area contributed by atoms with Gasteiger partial charge < -0.3 is 9.47 Å². The lowest BCUT2D eigenvalue weighted by Crippen LogP contribution is -2.36. The minimum atomic E-state index is 0.563. The Labute approximate surface area is 151 Å². The maximum absolute atomic E-state index is 5.95. The molecule has 2 aromatic carbocycles. The van der Waals surface area contributed by atoms with Crippen molar-refractivity contribution in [1.82, 2.24) is 4.90 Å². The third-order valence-electron chi connectivity index (χ3n) is 4.89. The first-order valence-corrected chi connectivity index (χ1v) is 9.38. The fourth-order valence-electron chi connectivity index (χ4n) is 3.55. The summed E-state index contributed by atoms with van der Waals surface area (Å²) in [4.78, 5) is 2.54. The zero-order valence-electron chi connectivity index (χ0n) is 15.8. The van der Waals surface area contributed by atoms with Gasteiger partial charge in [0.05, 0.1) is 13.2 Å². The first-order chi connectivity index (χ1) is 12.1. The highest BCUT2D eigenvalue weighted by Gasteiger charge is 2.22. The van der Waals surface area contributed by atoms with Gasteiger partial charge >= 0.3 is 0 Å². The fraction of sp³-hybridized carbons (Fsp3) is 0.455. The largest absolute Gasteiger partial charge is 0.494 e. The molecule has 0 saturated carbocycles. The van der Waals surface area contributed by atoms with E-state index in [4.69, 9.17) is 9.47 Å². The van der Waals surface area contributed by atoms with E-state index in [0.29, 0.717) is 19.3 Å². The van der Waals surface area contributed by atoms with E-state index in [2.05, 4.69) is 43.0 Å². The number of benzene rings is 2. The first-order valence-electron chi connectivity index (χ1n) is 9.38. The molecule has 0 aromatic heterocycles. The molecule has 0 saturated heterocycles. The van der Waals surface area contributed by atoms with Gasteiger partial charge in [0.15, 0.2) is 0 Å². The molecule has 0 unspecified atom stereocenters. The number of hydrogen-bond acceptors (Lipinski definition) is 3. The van der Waals surface area contributed by atoms with Crippen molar-refractivity contribution in [3.8, 4) is 22.6 Å². The third kappa shape index (κ3) is 3.82. The summed E-state index contributed by atoms with van der Waals surface area (Å²) >= 11 is 0. The molecule has 3 rings (SSSR count). The summed E-state index contributed by atoms with van der Waals surface area (Å²) in [5.74, 6) is 1.77. The Bertz CT molecular complexity index is 724. The van der Waals surface area contributed by atoms with Crippen molar-refractivity contribution >= 4 is 0 Å². The molecule has 1 aliphatic rings. The van der Waals surface area contributed by atoms with Crippen molar-refractivity contribution in [1.29, 1.82) is 0 Å². The van der Waals surface area contributed by atoms with E-state index in [9.17, 15) is 0 Å². The molecule has 3 heteroatoms. The Balaban J connectivity index is 2.05. The highest BCUT2D eigenvalue weighted by Crippen LogP contribution is 2.38. The van der Waals surface area contributed by atoms with Crippen molar-refractivity contribution in [2.45, 2.75) is 46.7 Å². The number of rotatable bonds is 6. The van der Waals surface area contributed by atoms with E-state index >= 15 is 0 Å². The zero-order chi connectivity index (χ0) is 17.8. The highest BCUT2D eigenvalue weighted by atomic mass is 16.5. The third-order valence-corrected chi connectivity index (χ3v) is 4.89. The van der Waals surface area contributed by atoms with Crippen LogP contribution in [-0.4, -0.2) is 30.7 Å². The van der Waals surface area contributed by atoms with E-state index in [1.807, 2.05) is 26.0 Å². The van der Waals surface area contributed by atoms with Gasteiger partial charge in [0, 0.05) is 30.8 Å². The molecule has 0 N–H and O–H groups in total.